The molecule has 1 saturated heterocycles. The number of hydrogen-bond acceptors (Lipinski definition) is 3. The van der Waals surface area contributed by atoms with E-state index in [4.69, 9.17) is 0 Å². The van der Waals surface area contributed by atoms with Crippen molar-refractivity contribution in [3.63, 3.8) is 0 Å². The molecule has 7 heteroatoms. The zero-order valence-corrected chi connectivity index (χ0v) is 14.8. The molecule has 0 aromatic heterocycles. The third-order valence-corrected chi connectivity index (χ3v) is 5.92. The number of nitrogens with zero attached hydrogens (tertiary/aromatic N) is 1. The molecule has 1 aliphatic heterocycles. The zero-order valence-electron chi connectivity index (χ0n) is 12.4. The molecule has 1 aromatic carbocycles. The summed E-state index contributed by atoms with van der Waals surface area (Å²) in [4.78, 5) is 0. The van der Waals surface area contributed by atoms with E-state index in [1.165, 1.54) is 0 Å². The molecule has 0 aliphatic carbocycles. The molecule has 1 atom stereocenters. The van der Waals surface area contributed by atoms with E-state index in [9.17, 15) is 8.42 Å². The van der Waals surface area contributed by atoms with E-state index < -0.39 is 10.2 Å². The van der Waals surface area contributed by atoms with Crippen LogP contribution in [0.3, 0.4) is 0 Å². The first-order valence-corrected chi connectivity index (χ1v) is 9.37. The van der Waals surface area contributed by atoms with Crippen molar-refractivity contribution in [2.45, 2.75) is 32.2 Å². The van der Waals surface area contributed by atoms with Crippen LogP contribution in [-0.4, -0.2) is 38.9 Å². The number of piperidine rings is 1. The molecule has 1 aliphatic rings. The van der Waals surface area contributed by atoms with Gasteiger partial charge in [0.25, 0.3) is 0 Å². The first-order chi connectivity index (χ1) is 9.94. The van der Waals surface area contributed by atoms with Crippen LogP contribution in [0.4, 0.5) is 5.69 Å². The molecule has 0 radical (unpaired) electrons. The molecule has 0 spiro atoms. The van der Waals surface area contributed by atoms with Crippen molar-refractivity contribution in [2.24, 2.45) is 0 Å². The molecule has 1 fully saturated rings. The lowest BCUT2D eigenvalue weighted by molar-refractivity contribution is 0.250. The van der Waals surface area contributed by atoms with Gasteiger partial charge in [0.05, 0.1) is 5.69 Å². The fourth-order valence-electron chi connectivity index (χ4n) is 2.63. The van der Waals surface area contributed by atoms with Gasteiger partial charge in [0.2, 0.25) is 0 Å². The molecule has 1 aromatic rings. The second-order valence-electron chi connectivity index (χ2n) is 5.41. The first-order valence-electron chi connectivity index (χ1n) is 7.14. The van der Waals surface area contributed by atoms with Gasteiger partial charge in [-0.2, -0.15) is 12.7 Å². The second kappa shape index (κ2) is 7.09. The predicted molar refractivity (Wildman–Crippen MR) is 89.7 cm³/mol. The Morgan fingerprint density at radius 1 is 1.38 bits per heavy atom. The Labute approximate surface area is 135 Å². The molecule has 2 N–H and O–H groups in total. The number of nitrogens with one attached hydrogen (secondary N) is 2. The minimum Gasteiger partial charge on any atom is -0.318 e. The van der Waals surface area contributed by atoms with Gasteiger partial charge in [0, 0.05) is 23.6 Å². The van der Waals surface area contributed by atoms with Crippen LogP contribution in [0.1, 0.15) is 24.8 Å². The number of aryl methyl sites for hydroxylation is 1. The van der Waals surface area contributed by atoms with Gasteiger partial charge in [-0.1, -0.05) is 12.5 Å². The number of benzene rings is 1. The molecule has 5 nitrogen and oxygen atoms in total. The van der Waals surface area contributed by atoms with E-state index in [1.807, 2.05) is 26.1 Å². The summed E-state index contributed by atoms with van der Waals surface area (Å²) in [5.74, 6) is 0. The Morgan fingerprint density at radius 3 is 2.81 bits per heavy atom. The topological polar surface area (TPSA) is 61.4 Å². The van der Waals surface area contributed by atoms with Crippen LogP contribution >= 0.6 is 15.9 Å². The second-order valence-corrected chi connectivity index (χ2v) is 7.89. The highest BCUT2D eigenvalue weighted by Gasteiger charge is 2.32. The maximum absolute atomic E-state index is 12.6. The lowest BCUT2D eigenvalue weighted by Gasteiger charge is -2.34. The summed E-state index contributed by atoms with van der Waals surface area (Å²) in [6.45, 7) is 3.22. The van der Waals surface area contributed by atoms with Gasteiger partial charge in [0.1, 0.15) is 0 Å². The van der Waals surface area contributed by atoms with Crippen LogP contribution in [-0.2, 0) is 10.2 Å². The van der Waals surface area contributed by atoms with Crippen molar-refractivity contribution in [1.82, 2.24) is 9.62 Å². The van der Waals surface area contributed by atoms with Crippen molar-refractivity contribution in [2.75, 3.05) is 24.9 Å². The van der Waals surface area contributed by atoms with Crippen molar-refractivity contribution < 1.29 is 8.42 Å². The largest absolute Gasteiger partial charge is 0.318 e. The van der Waals surface area contributed by atoms with Crippen molar-refractivity contribution >= 4 is 31.8 Å². The van der Waals surface area contributed by atoms with Crippen LogP contribution < -0.4 is 10.0 Å². The molecule has 1 heterocycles. The fourth-order valence-corrected chi connectivity index (χ4v) is 4.87. The monoisotopic (exact) mass is 375 g/mol. The SMILES string of the molecule is CNCC1CCCCN1S(=O)(=O)Nc1ccc(C)cc1Br. The lowest BCUT2D eigenvalue weighted by Crippen LogP contribution is -2.49. The first kappa shape index (κ1) is 16.7. The van der Waals surface area contributed by atoms with Gasteiger partial charge >= 0.3 is 10.2 Å². The van der Waals surface area contributed by atoms with Crippen LogP contribution in [0.15, 0.2) is 22.7 Å². The van der Waals surface area contributed by atoms with Gasteiger partial charge < -0.3 is 5.32 Å². The highest BCUT2D eigenvalue weighted by molar-refractivity contribution is 9.10. The van der Waals surface area contributed by atoms with Crippen molar-refractivity contribution in [1.29, 1.82) is 0 Å². The van der Waals surface area contributed by atoms with Crippen molar-refractivity contribution in [3.8, 4) is 0 Å². The summed E-state index contributed by atoms with van der Waals surface area (Å²) in [7, 11) is -1.68. The van der Waals surface area contributed by atoms with E-state index in [0.29, 0.717) is 18.8 Å². The molecule has 21 heavy (non-hydrogen) atoms. The van der Waals surface area contributed by atoms with E-state index in [2.05, 4.69) is 26.0 Å². The summed E-state index contributed by atoms with van der Waals surface area (Å²) >= 11 is 3.41. The average Bonchev–Trinajstić information content (AvgIpc) is 2.43. The van der Waals surface area contributed by atoms with Crippen molar-refractivity contribution in [3.05, 3.63) is 28.2 Å². The van der Waals surface area contributed by atoms with Crippen LogP contribution in [0.5, 0.6) is 0 Å². The van der Waals surface area contributed by atoms with Gasteiger partial charge in [-0.3, -0.25) is 4.72 Å². The normalized spacial score (nSPS) is 20.4. The Kier molecular flexibility index (Phi) is 5.65. The summed E-state index contributed by atoms with van der Waals surface area (Å²) < 4.78 is 30.3. The van der Waals surface area contributed by atoms with Gasteiger partial charge in [-0.25, -0.2) is 0 Å². The maximum atomic E-state index is 12.6. The molecule has 0 amide bonds. The summed E-state index contributed by atoms with van der Waals surface area (Å²) in [6, 6.07) is 5.60. The van der Waals surface area contributed by atoms with Gasteiger partial charge in [0.15, 0.2) is 0 Å². The average molecular weight is 376 g/mol. The number of likely N-dealkylation sites (N-methyl/N-ethyl adjacent to an activating group) is 1. The Morgan fingerprint density at radius 2 is 2.14 bits per heavy atom. The third kappa shape index (κ3) is 4.18. The van der Waals surface area contributed by atoms with E-state index in [0.717, 1.165) is 29.3 Å². The highest BCUT2D eigenvalue weighted by Crippen LogP contribution is 2.27. The molecule has 2 rings (SSSR count). The predicted octanol–water partition coefficient (Wildman–Crippen LogP) is 2.49. The van der Waals surface area contributed by atoms with E-state index in [-0.39, 0.29) is 6.04 Å². The number of rotatable bonds is 5. The third-order valence-electron chi connectivity index (χ3n) is 3.69. The molecule has 0 saturated carbocycles. The molecular weight excluding hydrogens is 354 g/mol. The Hall–Kier alpha value is -0.630. The summed E-state index contributed by atoms with van der Waals surface area (Å²) in [6.07, 6.45) is 2.89. The minimum atomic E-state index is -3.53. The zero-order chi connectivity index (χ0) is 15.5. The number of anilines is 1. The van der Waals surface area contributed by atoms with Crippen LogP contribution in [0.25, 0.3) is 0 Å². The van der Waals surface area contributed by atoms with Crippen LogP contribution in [0, 0.1) is 6.92 Å². The molecule has 118 valence electrons. The highest BCUT2D eigenvalue weighted by atomic mass is 79.9. The maximum Gasteiger partial charge on any atom is 0.301 e. The molecule has 1 unspecified atom stereocenters. The van der Waals surface area contributed by atoms with E-state index >= 15 is 0 Å². The standard InChI is InChI=1S/C14H22BrN3O2S/c1-11-6-7-14(13(15)9-11)17-21(19,20)18-8-4-3-5-12(18)10-16-2/h6-7,9,12,16-17H,3-5,8,10H2,1-2H3. The van der Waals surface area contributed by atoms with Gasteiger partial charge in [-0.05, 0) is 60.4 Å². The fraction of sp³-hybridized carbons (Fsp3) is 0.571. The van der Waals surface area contributed by atoms with Gasteiger partial charge in [-0.15, -0.1) is 0 Å². The minimum absolute atomic E-state index is 0.0190. The number of halogens is 1. The molecule has 0 bridgehead atoms. The van der Waals surface area contributed by atoms with Crippen LogP contribution in [0.2, 0.25) is 0 Å². The smallest absolute Gasteiger partial charge is 0.301 e. The quantitative estimate of drug-likeness (QED) is 0.830. The summed E-state index contributed by atoms with van der Waals surface area (Å²) in [5, 5.41) is 3.08. The lowest BCUT2D eigenvalue weighted by atomic mass is 10.1. The Bertz CT molecular complexity index is 590. The Balaban J connectivity index is 2.20. The number of hydrogen-bond donors (Lipinski definition) is 2. The molecular formula is C14H22BrN3O2S. The van der Waals surface area contributed by atoms with E-state index in [1.54, 1.807) is 10.4 Å². The summed E-state index contributed by atoms with van der Waals surface area (Å²) in [5.41, 5.74) is 1.66.